The van der Waals surface area contributed by atoms with Gasteiger partial charge in [-0.2, -0.15) is 0 Å². The van der Waals surface area contributed by atoms with E-state index in [1.165, 1.54) is 38.4 Å². The molecule has 0 aliphatic rings. The van der Waals surface area contributed by atoms with E-state index >= 15 is 0 Å². The number of rotatable bonds is 6. The van der Waals surface area contributed by atoms with Gasteiger partial charge in [-0.25, -0.2) is 17.8 Å². The molecule has 1 amide bonds. The van der Waals surface area contributed by atoms with Crippen LogP contribution in [0.1, 0.15) is 10.4 Å². The summed E-state index contributed by atoms with van der Waals surface area (Å²) in [6, 6.07) is 22.1. The van der Waals surface area contributed by atoms with Crippen molar-refractivity contribution in [3.05, 3.63) is 95.4 Å². The molecule has 0 fully saturated rings. The van der Waals surface area contributed by atoms with Gasteiger partial charge < -0.3 is 14.7 Å². The van der Waals surface area contributed by atoms with Crippen LogP contribution in [0.2, 0.25) is 5.15 Å². The molecule has 6 aromatic rings. The monoisotopic (exact) mass is 602 g/mol. The summed E-state index contributed by atoms with van der Waals surface area (Å²) in [6.45, 7) is 0. The van der Waals surface area contributed by atoms with Gasteiger partial charge in [0.2, 0.25) is 10.0 Å². The maximum atomic E-state index is 13.7. The average Bonchev–Trinajstić information content (AvgIpc) is 3.57. The van der Waals surface area contributed by atoms with Crippen LogP contribution in [0.3, 0.4) is 0 Å². The van der Waals surface area contributed by atoms with Crippen molar-refractivity contribution in [2.24, 2.45) is 0 Å². The van der Waals surface area contributed by atoms with Crippen molar-refractivity contribution in [2.45, 2.75) is 0 Å². The highest BCUT2D eigenvalue weighted by molar-refractivity contribution is 7.92. The molecule has 6 rings (SSSR count). The zero-order valence-corrected chi connectivity index (χ0v) is 24.3. The van der Waals surface area contributed by atoms with Crippen LogP contribution < -0.4 is 9.62 Å². The number of anilines is 1. The SMILES string of the molecule is CNC(=O)c1c(-c2ccc(F)cc2)oc2cc(N(C)S(C)(=O)=O)c(-c3cc(-c4cc5ccccc5[nH]4)cc(Cl)n3)cc12. The Balaban J connectivity index is 1.63. The summed E-state index contributed by atoms with van der Waals surface area (Å²) in [7, 11) is -0.805. The normalized spacial score (nSPS) is 11.7. The quantitative estimate of drug-likeness (QED) is 0.203. The highest BCUT2D eigenvalue weighted by Crippen LogP contribution is 2.42. The van der Waals surface area contributed by atoms with E-state index in [1.54, 1.807) is 24.3 Å². The number of carbonyl (C=O) groups excluding carboxylic acids is 1. The first-order valence-electron chi connectivity index (χ1n) is 12.8. The molecule has 3 heterocycles. The van der Waals surface area contributed by atoms with Gasteiger partial charge in [-0.1, -0.05) is 29.8 Å². The van der Waals surface area contributed by atoms with Crippen LogP contribution in [-0.4, -0.2) is 44.6 Å². The summed E-state index contributed by atoms with van der Waals surface area (Å²) < 4.78 is 46.4. The van der Waals surface area contributed by atoms with Crippen molar-refractivity contribution in [3.8, 4) is 33.8 Å². The maximum absolute atomic E-state index is 13.7. The largest absolute Gasteiger partial charge is 0.455 e. The Bertz CT molecular complexity index is 2090. The molecule has 0 spiro atoms. The summed E-state index contributed by atoms with van der Waals surface area (Å²) in [6.07, 6.45) is 1.09. The van der Waals surface area contributed by atoms with Crippen LogP contribution in [0.5, 0.6) is 0 Å². The Morgan fingerprint density at radius 1 is 1.02 bits per heavy atom. The van der Waals surface area contributed by atoms with E-state index in [9.17, 15) is 17.6 Å². The molecule has 3 aromatic carbocycles. The number of H-pyrrole nitrogens is 1. The number of aromatic amines is 1. The van der Waals surface area contributed by atoms with Crippen LogP contribution in [0.15, 0.2) is 83.3 Å². The minimum Gasteiger partial charge on any atom is -0.455 e. The molecule has 0 aliphatic heterocycles. The van der Waals surface area contributed by atoms with E-state index in [0.29, 0.717) is 22.2 Å². The van der Waals surface area contributed by atoms with Crippen molar-refractivity contribution >= 4 is 55.1 Å². The Hall–Kier alpha value is -4.67. The van der Waals surface area contributed by atoms with E-state index in [4.69, 9.17) is 16.0 Å². The zero-order valence-electron chi connectivity index (χ0n) is 22.7. The first kappa shape index (κ1) is 27.5. The summed E-state index contributed by atoms with van der Waals surface area (Å²) in [5, 5.41) is 4.26. The molecular weight excluding hydrogens is 579 g/mol. The Morgan fingerprint density at radius 3 is 2.45 bits per heavy atom. The molecule has 11 heteroatoms. The molecule has 0 unspecified atom stereocenters. The van der Waals surface area contributed by atoms with Gasteiger partial charge in [-0.15, -0.1) is 0 Å². The number of fused-ring (bicyclic) bond motifs is 2. The van der Waals surface area contributed by atoms with E-state index in [2.05, 4.69) is 15.3 Å². The minimum atomic E-state index is -3.72. The van der Waals surface area contributed by atoms with Crippen molar-refractivity contribution < 1.29 is 22.0 Å². The third kappa shape index (κ3) is 4.88. The summed E-state index contributed by atoms with van der Waals surface area (Å²) in [5.41, 5.74) is 4.50. The molecule has 0 saturated heterocycles. The molecule has 0 atom stereocenters. The topological polar surface area (TPSA) is 108 Å². The van der Waals surface area contributed by atoms with Gasteiger partial charge in [0.05, 0.1) is 23.2 Å². The minimum absolute atomic E-state index is 0.194. The zero-order chi connectivity index (χ0) is 29.8. The number of pyridine rings is 1. The molecule has 8 nitrogen and oxygen atoms in total. The number of carbonyl (C=O) groups is 1. The lowest BCUT2D eigenvalue weighted by atomic mass is 10.00. The number of sulfonamides is 1. The van der Waals surface area contributed by atoms with Crippen LogP contribution >= 0.6 is 11.6 Å². The summed E-state index contributed by atoms with van der Waals surface area (Å²) >= 11 is 6.52. The summed E-state index contributed by atoms with van der Waals surface area (Å²) in [5.74, 6) is -0.651. The third-order valence-electron chi connectivity index (χ3n) is 7.11. The molecule has 0 saturated carbocycles. The van der Waals surface area contributed by atoms with Crippen LogP contribution in [0.4, 0.5) is 10.1 Å². The van der Waals surface area contributed by atoms with E-state index in [0.717, 1.165) is 32.7 Å². The smallest absolute Gasteiger partial charge is 0.255 e. The summed E-state index contributed by atoms with van der Waals surface area (Å²) in [4.78, 5) is 21.1. The number of amides is 1. The number of nitrogens with one attached hydrogen (secondary N) is 2. The molecule has 42 heavy (non-hydrogen) atoms. The highest BCUT2D eigenvalue weighted by Gasteiger charge is 2.26. The van der Waals surface area contributed by atoms with Crippen molar-refractivity contribution in [2.75, 3.05) is 24.7 Å². The lowest BCUT2D eigenvalue weighted by Crippen LogP contribution is -2.25. The fraction of sp³-hybridized carbons (Fsp3) is 0.0968. The van der Waals surface area contributed by atoms with Gasteiger partial charge in [-0.05, 0) is 54.6 Å². The van der Waals surface area contributed by atoms with E-state index in [1.807, 2.05) is 30.3 Å². The molecule has 3 aromatic heterocycles. The number of hydrogen-bond acceptors (Lipinski definition) is 5. The Kier molecular flexibility index (Phi) is 6.75. The van der Waals surface area contributed by atoms with Gasteiger partial charge in [0.1, 0.15) is 22.3 Å². The molecule has 0 aliphatic carbocycles. The number of halogens is 2. The Morgan fingerprint density at radius 2 is 1.76 bits per heavy atom. The predicted molar refractivity (Wildman–Crippen MR) is 164 cm³/mol. The van der Waals surface area contributed by atoms with E-state index in [-0.39, 0.29) is 27.7 Å². The van der Waals surface area contributed by atoms with Crippen molar-refractivity contribution in [1.29, 1.82) is 0 Å². The lowest BCUT2D eigenvalue weighted by Gasteiger charge is -2.20. The third-order valence-corrected chi connectivity index (χ3v) is 8.50. The predicted octanol–water partition coefficient (Wildman–Crippen LogP) is 6.86. The van der Waals surface area contributed by atoms with Gasteiger partial charge in [0, 0.05) is 58.8 Å². The van der Waals surface area contributed by atoms with E-state index < -0.39 is 21.7 Å². The van der Waals surface area contributed by atoms with Crippen LogP contribution in [-0.2, 0) is 10.0 Å². The van der Waals surface area contributed by atoms with Crippen molar-refractivity contribution in [3.63, 3.8) is 0 Å². The highest BCUT2D eigenvalue weighted by atomic mass is 35.5. The molecule has 2 N–H and O–H groups in total. The van der Waals surface area contributed by atoms with Crippen molar-refractivity contribution in [1.82, 2.24) is 15.3 Å². The molecule has 0 radical (unpaired) electrons. The first-order chi connectivity index (χ1) is 20.0. The van der Waals surface area contributed by atoms with Crippen LogP contribution in [0.25, 0.3) is 55.7 Å². The number of nitrogens with zero attached hydrogens (tertiary/aromatic N) is 2. The lowest BCUT2D eigenvalue weighted by molar-refractivity contribution is 0.0964. The second-order valence-electron chi connectivity index (χ2n) is 9.82. The van der Waals surface area contributed by atoms with Gasteiger partial charge >= 0.3 is 0 Å². The molecule has 0 bridgehead atoms. The number of para-hydroxylation sites is 1. The second-order valence-corrected chi connectivity index (χ2v) is 12.2. The fourth-order valence-corrected chi connectivity index (χ4v) is 5.67. The van der Waals surface area contributed by atoms with Gasteiger partial charge in [0.25, 0.3) is 5.91 Å². The first-order valence-corrected chi connectivity index (χ1v) is 15.0. The number of furan rings is 1. The molecule has 212 valence electrons. The van der Waals surface area contributed by atoms with Gasteiger partial charge in [-0.3, -0.25) is 9.10 Å². The standard InChI is InChI=1S/C31H24ClFN4O4S/c1-34-31(38)29-22-15-21(25-13-19(14-28(32)36-25)24-12-18-6-4-5-7-23(18)35-24)26(37(2)42(3,39)40)16-27(22)41-30(29)17-8-10-20(33)11-9-17/h4-16,35H,1-3H3,(H,34,38). The number of hydrogen-bond donors (Lipinski definition) is 2. The number of aromatic nitrogens is 2. The average molecular weight is 603 g/mol. The van der Waals surface area contributed by atoms with Gasteiger partial charge in [0.15, 0.2) is 0 Å². The fourth-order valence-electron chi connectivity index (χ4n) is 4.95. The van der Waals surface area contributed by atoms with Crippen LogP contribution in [0, 0.1) is 5.82 Å². The second kappa shape index (κ2) is 10.3. The maximum Gasteiger partial charge on any atom is 0.255 e. The Labute approximate surface area is 245 Å². The number of benzene rings is 3. The molecular formula is C31H24ClFN4O4S.